The molecule has 2 atom stereocenters. The number of anilines is 1. The van der Waals surface area contributed by atoms with Crippen molar-refractivity contribution in [1.82, 2.24) is 9.80 Å². The summed E-state index contributed by atoms with van der Waals surface area (Å²) in [4.78, 5) is 19.2. The van der Waals surface area contributed by atoms with E-state index in [1.54, 1.807) is 12.1 Å². The molecule has 0 radical (unpaired) electrons. The van der Waals surface area contributed by atoms with Gasteiger partial charge in [-0.05, 0) is 74.3 Å². The highest BCUT2D eigenvalue weighted by Gasteiger charge is 2.34. The van der Waals surface area contributed by atoms with E-state index in [-0.39, 0.29) is 11.8 Å². The van der Waals surface area contributed by atoms with Crippen molar-refractivity contribution in [3.63, 3.8) is 0 Å². The van der Waals surface area contributed by atoms with Crippen LogP contribution in [0.2, 0.25) is 10.0 Å². The van der Waals surface area contributed by atoms with E-state index >= 15 is 0 Å². The van der Waals surface area contributed by atoms with Crippen LogP contribution in [-0.2, 0) is 17.4 Å². The van der Waals surface area contributed by atoms with Crippen LogP contribution >= 0.6 is 23.2 Å². The van der Waals surface area contributed by atoms with E-state index in [1.807, 2.05) is 48.7 Å². The summed E-state index contributed by atoms with van der Waals surface area (Å²) in [5.41, 5.74) is 7.71. The van der Waals surface area contributed by atoms with Gasteiger partial charge in [0.05, 0.1) is 11.6 Å². The van der Waals surface area contributed by atoms with Gasteiger partial charge in [0.1, 0.15) is 0 Å². The zero-order chi connectivity index (χ0) is 27.5. The molecule has 1 amide bonds. The van der Waals surface area contributed by atoms with Gasteiger partial charge in [-0.3, -0.25) is 9.69 Å². The number of carbonyl (C=O) groups excluding carboxylic acids is 1. The van der Waals surface area contributed by atoms with Crippen LogP contribution in [0.5, 0.6) is 0 Å². The quantitative estimate of drug-likeness (QED) is 0.439. The summed E-state index contributed by atoms with van der Waals surface area (Å²) >= 11 is 12.4. The summed E-state index contributed by atoms with van der Waals surface area (Å²) in [5, 5.41) is 1.05. The number of piperazine rings is 1. The third kappa shape index (κ3) is 7.53. The lowest BCUT2D eigenvalue weighted by molar-refractivity contribution is -0.138. The Bertz CT molecular complexity index is 1090. The number of nitrogens with zero attached hydrogens (tertiary/aromatic N) is 3. The van der Waals surface area contributed by atoms with E-state index in [1.165, 1.54) is 12.1 Å². The predicted molar refractivity (Wildman–Crippen MR) is 144 cm³/mol. The zero-order valence-corrected chi connectivity index (χ0v) is 23.2. The Kier molecular flexibility index (Phi) is 9.78. The summed E-state index contributed by atoms with van der Waals surface area (Å²) in [7, 11) is 3.71. The molecule has 2 N–H and O–H groups in total. The molecule has 204 valence electrons. The van der Waals surface area contributed by atoms with E-state index < -0.39 is 23.8 Å². The minimum absolute atomic E-state index is 0.0141. The lowest BCUT2D eigenvalue weighted by Gasteiger charge is -2.40. The largest absolute Gasteiger partial charge is 0.416 e. The van der Waals surface area contributed by atoms with Crippen molar-refractivity contribution in [3.05, 3.63) is 63.1 Å². The number of alkyl halides is 3. The minimum Gasteiger partial charge on any atom is -0.368 e. The normalized spacial score (nSPS) is 16.4. The Labute approximate surface area is 227 Å². The third-order valence-electron chi connectivity index (χ3n) is 6.75. The Hall–Kier alpha value is -2.00. The first-order chi connectivity index (χ1) is 17.3. The Morgan fingerprint density at radius 3 is 2.24 bits per heavy atom. The molecule has 0 aromatic heterocycles. The molecular weight excluding hydrogens is 524 g/mol. The SMILES string of the molecule is CC(C)CC(N)c1cc(C(F)(F)F)ccc1N1CCN(C(=O)C(Cc2ccc(Cl)cc2Cl)N(C)C)CC1. The number of amides is 1. The fourth-order valence-corrected chi connectivity index (χ4v) is 5.20. The smallest absolute Gasteiger partial charge is 0.368 e. The fraction of sp³-hybridized carbons (Fsp3) is 0.519. The Balaban J connectivity index is 1.76. The third-order valence-corrected chi connectivity index (χ3v) is 7.34. The van der Waals surface area contributed by atoms with E-state index in [4.69, 9.17) is 28.9 Å². The molecule has 2 unspecified atom stereocenters. The molecule has 10 heteroatoms. The van der Waals surface area contributed by atoms with Gasteiger partial charge in [0, 0.05) is 48.0 Å². The molecule has 2 aromatic rings. The topological polar surface area (TPSA) is 52.8 Å². The van der Waals surface area contributed by atoms with Crippen LogP contribution in [0.3, 0.4) is 0 Å². The van der Waals surface area contributed by atoms with Crippen LogP contribution < -0.4 is 10.6 Å². The number of carbonyl (C=O) groups is 1. The maximum Gasteiger partial charge on any atom is 0.416 e. The molecule has 0 aliphatic carbocycles. The molecule has 1 heterocycles. The van der Waals surface area contributed by atoms with E-state index in [0.29, 0.717) is 60.3 Å². The number of nitrogens with two attached hydrogens (primary N) is 1. The van der Waals surface area contributed by atoms with Gasteiger partial charge in [-0.2, -0.15) is 13.2 Å². The lowest BCUT2D eigenvalue weighted by atomic mass is 9.94. The summed E-state index contributed by atoms with van der Waals surface area (Å²) < 4.78 is 40.3. The molecule has 0 saturated carbocycles. The zero-order valence-electron chi connectivity index (χ0n) is 21.7. The molecule has 37 heavy (non-hydrogen) atoms. The number of likely N-dealkylation sites (N-methyl/N-ethyl adjacent to an activating group) is 1. The molecule has 1 saturated heterocycles. The molecular formula is C27H35Cl2F3N4O. The second-order valence-electron chi connectivity index (χ2n) is 10.2. The molecule has 2 aromatic carbocycles. The van der Waals surface area contributed by atoms with Gasteiger partial charge in [0.2, 0.25) is 5.91 Å². The summed E-state index contributed by atoms with van der Waals surface area (Å²) in [5.74, 6) is 0.226. The average Bonchev–Trinajstić information content (AvgIpc) is 2.81. The van der Waals surface area contributed by atoms with Crippen LogP contribution in [0.1, 0.15) is 43.0 Å². The highest BCUT2D eigenvalue weighted by Crippen LogP contribution is 2.36. The van der Waals surface area contributed by atoms with Gasteiger partial charge >= 0.3 is 6.18 Å². The highest BCUT2D eigenvalue weighted by atomic mass is 35.5. The predicted octanol–water partition coefficient (Wildman–Crippen LogP) is 5.88. The van der Waals surface area contributed by atoms with Crippen molar-refractivity contribution >= 4 is 34.8 Å². The molecule has 0 spiro atoms. The van der Waals surface area contributed by atoms with Crippen molar-refractivity contribution in [2.45, 2.75) is 44.9 Å². The number of hydrogen-bond acceptors (Lipinski definition) is 4. The maximum absolute atomic E-state index is 13.5. The van der Waals surface area contributed by atoms with Crippen LogP contribution in [0, 0.1) is 5.92 Å². The maximum atomic E-state index is 13.5. The average molecular weight is 560 g/mol. The van der Waals surface area contributed by atoms with E-state index in [9.17, 15) is 18.0 Å². The van der Waals surface area contributed by atoms with Gasteiger partial charge in [-0.15, -0.1) is 0 Å². The first kappa shape index (κ1) is 29.6. The van der Waals surface area contributed by atoms with Gasteiger partial charge in [-0.25, -0.2) is 0 Å². The van der Waals surface area contributed by atoms with Gasteiger partial charge in [0.25, 0.3) is 0 Å². The molecule has 0 bridgehead atoms. The summed E-state index contributed by atoms with van der Waals surface area (Å²) in [6.07, 6.45) is -3.43. The second kappa shape index (κ2) is 12.2. The van der Waals surface area contributed by atoms with Crippen molar-refractivity contribution in [2.75, 3.05) is 45.2 Å². The van der Waals surface area contributed by atoms with Crippen LogP contribution in [0.25, 0.3) is 0 Å². The Morgan fingerprint density at radius 2 is 1.70 bits per heavy atom. The van der Waals surface area contributed by atoms with Crippen molar-refractivity contribution in [3.8, 4) is 0 Å². The molecule has 5 nitrogen and oxygen atoms in total. The van der Waals surface area contributed by atoms with Crippen LogP contribution in [0.15, 0.2) is 36.4 Å². The van der Waals surface area contributed by atoms with Crippen LogP contribution in [0.4, 0.5) is 18.9 Å². The standard InChI is InChI=1S/C27H35Cl2F3N4O/c1-17(2)13-23(33)21-15-19(27(30,31)32)6-8-24(21)35-9-11-36(12-10-35)26(37)25(34(3)4)14-18-5-7-20(28)16-22(18)29/h5-8,15-17,23,25H,9-14,33H2,1-4H3. The number of rotatable bonds is 8. The van der Waals surface area contributed by atoms with Gasteiger partial charge in [-0.1, -0.05) is 43.1 Å². The first-order valence-corrected chi connectivity index (χ1v) is 13.1. The van der Waals surface area contributed by atoms with E-state index in [0.717, 1.165) is 11.6 Å². The van der Waals surface area contributed by atoms with Crippen LogP contribution in [-0.4, -0.2) is 62.0 Å². The Morgan fingerprint density at radius 1 is 1.05 bits per heavy atom. The number of hydrogen-bond donors (Lipinski definition) is 1. The monoisotopic (exact) mass is 558 g/mol. The molecule has 1 aliphatic rings. The number of benzene rings is 2. The van der Waals surface area contributed by atoms with Gasteiger partial charge < -0.3 is 15.5 Å². The second-order valence-corrected chi connectivity index (χ2v) is 11.1. The lowest BCUT2D eigenvalue weighted by Crippen LogP contribution is -2.54. The van der Waals surface area contributed by atoms with Crippen molar-refractivity contribution < 1.29 is 18.0 Å². The molecule has 1 fully saturated rings. The molecule has 1 aliphatic heterocycles. The minimum atomic E-state index is -4.44. The summed E-state index contributed by atoms with van der Waals surface area (Å²) in [6.45, 7) is 5.90. The number of halogens is 5. The fourth-order valence-electron chi connectivity index (χ4n) is 4.72. The van der Waals surface area contributed by atoms with Gasteiger partial charge in [0.15, 0.2) is 0 Å². The molecule has 3 rings (SSSR count). The van der Waals surface area contributed by atoms with Crippen molar-refractivity contribution in [1.29, 1.82) is 0 Å². The van der Waals surface area contributed by atoms with E-state index in [2.05, 4.69) is 0 Å². The first-order valence-electron chi connectivity index (χ1n) is 12.4. The summed E-state index contributed by atoms with van der Waals surface area (Å²) in [6, 6.07) is 8.13. The van der Waals surface area contributed by atoms with Crippen molar-refractivity contribution in [2.24, 2.45) is 11.7 Å². The highest BCUT2D eigenvalue weighted by molar-refractivity contribution is 6.35.